The zero-order chi connectivity index (χ0) is 13.1. The fourth-order valence-electron chi connectivity index (χ4n) is 1.85. The molecule has 3 nitrogen and oxygen atoms in total. The molecular weight excluding hydrogens is 287 g/mol. The van der Waals surface area contributed by atoms with E-state index in [0.717, 1.165) is 28.2 Å². The summed E-state index contributed by atoms with van der Waals surface area (Å²) in [5.41, 5.74) is 1.71. The smallest absolute Gasteiger partial charge is 0.550 e. The standard InChI is InChI=1S/C14H16O3S.K/c1-9(14(16)17)11-4-2-10(3-5-11)8-13-12(15)6-7-18-13;/h2-5,8-9,12,15H,6-7H2,1H3,(H,16,17);/q;+1/p-1/b13-8-;/t9-,12-;/m0./s1. The van der Waals surface area contributed by atoms with Crippen molar-refractivity contribution < 1.29 is 66.4 Å². The molecule has 0 unspecified atom stereocenters. The molecule has 2 rings (SSSR count). The van der Waals surface area contributed by atoms with E-state index < -0.39 is 11.9 Å². The number of aliphatic hydroxyl groups is 1. The van der Waals surface area contributed by atoms with Crippen molar-refractivity contribution in [3.63, 3.8) is 0 Å². The SMILES string of the molecule is C[C@H](C(=O)[O-])c1ccc(/C=C2\SCC[C@@H]2O)cc1.[K+]. The van der Waals surface area contributed by atoms with Gasteiger partial charge in [0.1, 0.15) is 0 Å². The van der Waals surface area contributed by atoms with Gasteiger partial charge in [-0.3, -0.25) is 0 Å². The molecule has 0 spiro atoms. The molecule has 1 fully saturated rings. The van der Waals surface area contributed by atoms with E-state index in [1.165, 1.54) is 0 Å². The van der Waals surface area contributed by atoms with Gasteiger partial charge in [-0.1, -0.05) is 31.2 Å². The maximum absolute atomic E-state index is 10.7. The van der Waals surface area contributed by atoms with Crippen LogP contribution in [0.15, 0.2) is 29.2 Å². The molecular formula is C14H15KO3S. The third-order valence-corrected chi connectivity index (χ3v) is 4.25. The second kappa shape index (κ2) is 7.98. The number of thioether (sulfide) groups is 1. The molecule has 19 heavy (non-hydrogen) atoms. The summed E-state index contributed by atoms with van der Waals surface area (Å²) in [7, 11) is 0. The van der Waals surface area contributed by atoms with Crippen molar-refractivity contribution in [1.82, 2.24) is 0 Å². The van der Waals surface area contributed by atoms with Gasteiger partial charge in [0.15, 0.2) is 0 Å². The van der Waals surface area contributed by atoms with Gasteiger partial charge in [-0.25, -0.2) is 0 Å². The number of carboxylic acids is 1. The first-order chi connectivity index (χ1) is 8.58. The average Bonchev–Trinajstić information content (AvgIpc) is 2.75. The Balaban J connectivity index is 0.00000180. The Hall–Kier alpha value is 0.376. The van der Waals surface area contributed by atoms with Gasteiger partial charge in [0.05, 0.1) is 6.10 Å². The summed E-state index contributed by atoms with van der Waals surface area (Å²) in [6.45, 7) is 1.61. The zero-order valence-electron chi connectivity index (χ0n) is 11.1. The van der Waals surface area contributed by atoms with Crippen LogP contribution in [0.4, 0.5) is 0 Å². The van der Waals surface area contributed by atoms with Crippen molar-refractivity contribution in [3.05, 3.63) is 40.3 Å². The Morgan fingerprint density at radius 1 is 1.47 bits per heavy atom. The third-order valence-electron chi connectivity index (χ3n) is 3.09. The van der Waals surface area contributed by atoms with Crippen molar-refractivity contribution in [2.45, 2.75) is 25.4 Å². The van der Waals surface area contributed by atoms with Crippen LogP contribution >= 0.6 is 11.8 Å². The molecule has 1 heterocycles. The minimum absolute atomic E-state index is 0. The fraction of sp³-hybridized carbons (Fsp3) is 0.357. The second-order valence-electron chi connectivity index (χ2n) is 4.41. The van der Waals surface area contributed by atoms with Gasteiger partial charge < -0.3 is 15.0 Å². The van der Waals surface area contributed by atoms with Crippen molar-refractivity contribution in [2.75, 3.05) is 5.75 Å². The summed E-state index contributed by atoms with van der Waals surface area (Å²) < 4.78 is 0. The first-order valence-electron chi connectivity index (χ1n) is 5.91. The van der Waals surface area contributed by atoms with E-state index in [-0.39, 0.29) is 57.5 Å². The number of rotatable bonds is 3. The zero-order valence-corrected chi connectivity index (χ0v) is 15.1. The van der Waals surface area contributed by atoms with Gasteiger partial charge in [-0.2, -0.15) is 0 Å². The normalized spacial score (nSPS) is 22.0. The Bertz CT molecular complexity index is 470. The molecule has 1 aromatic rings. The van der Waals surface area contributed by atoms with Crippen molar-refractivity contribution in [3.8, 4) is 0 Å². The first-order valence-corrected chi connectivity index (χ1v) is 6.90. The minimum Gasteiger partial charge on any atom is -0.550 e. The van der Waals surface area contributed by atoms with Gasteiger partial charge >= 0.3 is 51.4 Å². The molecule has 1 saturated heterocycles. The number of carbonyl (C=O) groups is 1. The maximum atomic E-state index is 10.7. The number of aliphatic carboxylic acids is 1. The van der Waals surface area contributed by atoms with E-state index in [2.05, 4.69) is 0 Å². The Morgan fingerprint density at radius 2 is 2.11 bits per heavy atom. The molecule has 0 amide bonds. The molecule has 0 bridgehead atoms. The van der Waals surface area contributed by atoms with Crippen LogP contribution in [-0.2, 0) is 4.79 Å². The maximum Gasteiger partial charge on any atom is 1.00 e. The quantitative estimate of drug-likeness (QED) is 0.682. The van der Waals surface area contributed by atoms with Crippen LogP contribution in [0.25, 0.3) is 6.08 Å². The number of hydrogen-bond acceptors (Lipinski definition) is 4. The van der Waals surface area contributed by atoms with E-state index in [0.29, 0.717) is 0 Å². The monoisotopic (exact) mass is 302 g/mol. The van der Waals surface area contributed by atoms with E-state index in [1.807, 2.05) is 18.2 Å². The van der Waals surface area contributed by atoms with Crippen LogP contribution in [0.1, 0.15) is 30.4 Å². The number of benzene rings is 1. The van der Waals surface area contributed by atoms with E-state index >= 15 is 0 Å². The molecule has 1 aromatic carbocycles. The number of carboxylic acid groups (broad SMARTS) is 1. The van der Waals surface area contributed by atoms with Crippen LogP contribution in [-0.4, -0.2) is 22.9 Å². The summed E-state index contributed by atoms with van der Waals surface area (Å²) in [6.07, 6.45) is 2.41. The Morgan fingerprint density at radius 3 is 2.58 bits per heavy atom. The second-order valence-corrected chi connectivity index (χ2v) is 5.58. The molecule has 0 radical (unpaired) electrons. The Kier molecular flexibility index (Phi) is 7.32. The summed E-state index contributed by atoms with van der Waals surface area (Å²) in [5.74, 6) is -0.715. The summed E-state index contributed by atoms with van der Waals surface area (Å²) >= 11 is 1.67. The minimum atomic E-state index is -1.07. The van der Waals surface area contributed by atoms with E-state index in [4.69, 9.17) is 0 Å². The van der Waals surface area contributed by atoms with Gasteiger partial charge in [-0.15, -0.1) is 11.8 Å². The van der Waals surface area contributed by atoms with Crippen molar-refractivity contribution in [2.24, 2.45) is 0 Å². The number of carbonyl (C=O) groups excluding carboxylic acids is 1. The molecule has 0 aliphatic carbocycles. The molecule has 96 valence electrons. The largest absolute Gasteiger partial charge is 1.00 e. The average molecular weight is 302 g/mol. The van der Waals surface area contributed by atoms with Gasteiger partial charge in [-0.05, 0) is 23.6 Å². The Labute approximate surface area is 159 Å². The van der Waals surface area contributed by atoms with E-state index in [9.17, 15) is 15.0 Å². The van der Waals surface area contributed by atoms with Crippen LogP contribution in [0.5, 0.6) is 0 Å². The predicted molar refractivity (Wildman–Crippen MR) is 70.9 cm³/mol. The predicted octanol–water partition coefficient (Wildman–Crippen LogP) is -1.62. The first kappa shape index (κ1) is 17.4. The molecule has 0 aromatic heterocycles. The van der Waals surface area contributed by atoms with Gasteiger partial charge in [0, 0.05) is 22.5 Å². The van der Waals surface area contributed by atoms with Crippen LogP contribution in [0.2, 0.25) is 0 Å². The molecule has 1 aliphatic heterocycles. The van der Waals surface area contributed by atoms with Crippen LogP contribution < -0.4 is 56.5 Å². The van der Waals surface area contributed by atoms with E-state index in [1.54, 1.807) is 30.8 Å². The molecule has 5 heteroatoms. The molecule has 1 aliphatic rings. The number of hydrogen-bond donors (Lipinski definition) is 1. The molecule has 0 saturated carbocycles. The third kappa shape index (κ3) is 4.70. The van der Waals surface area contributed by atoms with Crippen molar-refractivity contribution in [1.29, 1.82) is 0 Å². The fourth-order valence-corrected chi connectivity index (χ4v) is 2.95. The van der Waals surface area contributed by atoms with Gasteiger partial charge in [0.2, 0.25) is 0 Å². The summed E-state index contributed by atoms with van der Waals surface area (Å²) in [4.78, 5) is 11.7. The summed E-state index contributed by atoms with van der Waals surface area (Å²) in [5, 5.41) is 20.4. The molecule has 2 atom stereocenters. The van der Waals surface area contributed by atoms with Crippen LogP contribution in [0.3, 0.4) is 0 Å². The van der Waals surface area contributed by atoms with Crippen LogP contribution in [0, 0.1) is 0 Å². The summed E-state index contributed by atoms with van der Waals surface area (Å²) in [6, 6.07) is 7.32. The number of aliphatic hydroxyl groups excluding tert-OH is 1. The van der Waals surface area contributed by atoms with Gasteiger partial charge in [0.25, 0.3) is 0 Å². The van der Waals surface area contributed by atoms with Crippen molar-refractivity contribution >= 4 is 23.8 Å². The topological polar surface area (TPSA) is 60.4 Å². The molecule has 1 N–H and O–H groups in total.